The van der Waals surface area contributed by atoms with E-state index >= 15 is 0 Å². The Hall–Kier alpha value is -1.32. The summed E-state index contributed by atoms with van der Waals surface area (Å²) in [5.74, 6) is 0.109. The molecule has 2 rings (SSSR count). The van der Waals surface area contributed by atoms with Gasteiger partial charge in [-0.1, -0.05) is 45.7 Å². The van der Waals surface area contributed by atoms with Crippen LogP contribution in [0, 0.1) is 0 Å². The average molecular weight is 311 g/mol. The van der Waals surface area contributed by atoms with Crippen LogP contribution in [0.3, 0.4) is 0 Å². The van der Waals surface area contributed by atoms with E-state index in [-0.39, 0.29) is 5.75 Å². The number of phenolic OH excluding ortho intramolecular Hbond substituents is 1. The first-order chi connectivity index (χ1) is 8.16. The number of hydrogen-bond donors (Lipinski definition) is 1. The molecule has 0 heterocycles. The van der Waals surface area contributed by atoms with E-state index in [1.54, 1.807) is 18.3 Å². The Morgan fingerprint density at radius 2 is 1.94 bits per heavy atom. The number of rotatable bonds is 2. The molecule has 0 unspecified atom stereocenters. The van der Waals surface area contributed by atoms with Gasteiger partial charge in [0.2, 0.25) is 0 Å². The van der Waals surface area contributed by atoms with Crippen molar-refractivity contribution >= 4 is 39.4 Å². The minimum Gasteiger partial charge on any atom is -0.506 e. The molecule has 1 N–H and O–H groups in total. The van der Waals surface area contributed by atoms with Crippen molar-refractivity contribution in [1.82, 2.24) is 0 Å². The molecule has 0 aromatic heterocycles. The lowest BCUT2D eigenvalue weighted by atomic mass is 10.2. The normalized spacial score (nSPS) is 10.9. The summed E-state index contributed by atoms with van der Waals surface area (Å²) < 4.78 is 0.949. The van der Waals surface area contributed by atoms with Crippen LogP contribution < -0.4 is 0 Å². The quantitative estimate of drug-likeness (QED) is 0.810. The number of halogens is 2. The molecule has 0 aliphatic rings. The maximum Gasteiger partial charge on any atom is 0.141 e. The van der Waals surface area contributed by atoms with E-state index in [0.717, 1.165) is 10.0 Å². The van der Waals surface area contributed by atoms with Crippen molar-refractivity contribution in [2.45, 2.75) is 0 Å². The van der Waals surface area contributed by atoms with Crippen molar-refractivity contribution < 1.29 is 5.11 Å². The van der Waals surface area contributed by atoms with Crippen molar-refractivity contribution in [3.8, 4) is 5.75 Å². The molecule has 2 aromatic carbocycles. The molecular weight excluding hydrogens is 302 g/mol. The lowest BCUT2D eigenvalue weighted by Crippen LogP contribution is -1.81. The molecule has 86 valence electrons. The molecule has 0 aliphatic carbocycles. The van der Waals surface area contributed by atoms with Gasteiger partial charge >= 0.3 is 0 Å². The SMILES string of the molecule is Oc1ccc(Cl)cc1N=Cc1ccccc1Br. The summed E-state index contributed by atoms with van der Waals surface area (Å²) in [5, 5.41) is 10.1. The summed E-state index contributed by atoms with van der Waals surface area (Å²) in [6.45, 7) is 0. The Labute approximate surface area is 113 Å². The first-order valence-corrected chi connectivity index (χ1v) is 6.11. The van der Waals surface area contributed by atoms with E-state index in [2.05, 4.69) is 20.9 Å². The van der Waals surface area contributed by atoms with Crippen LogP contribution in [0.1, 0.15) is 5.56 Å². The molecular formula is C13H9BrClNO. The van der Waals surface area contributed by atoms with Gasteiger partial charge in [0.1, 0.15) is 11.4 Å². The third kappa shape index (κ3) is 3.08. The average Bonchev–Trinajstić information content (AvgIpc) is 2.32. The van der Waals surface area contributed by atoms with E-state index in [0.29, 0.717) is 10.7 Å². The van der Waals surface area contributed by atoms with Gasteiger partial charge in [-0.25, -0.2) is 0 Å². The number of hydrogen-bond acceptors (Lipinski definition) is 2. The fourth-order valence-electron chi connectivity index (χ4n) is 1.32. The van der Waals surface area contributed by atoms with E-state index < -0.39 is 0 Å². The summed E-state index contributed by atoms with van der Waals surface area (Å²) in [6, 6.07) is 12.5. The fourth-order valence-corrected chi connectivity index (χ4v) is 1.87. The van der Waals surface area contributed by atoms with Crippen LogP contribution in [-0.2, 0) is 0 Å². The lowest BCUT2D eigenvalue weighted by Gasteiger charge is -2.00. The van der Waals surface area contributed by atoms with Gasteiger partial charge in [-0.3, -0.25) is 4.99 Å². The molecule has 0 saturated heterocycles. The molecule has 0 spiro atoms. The summed E-state index contributed by atoms with van der Waals surface area (Å²) in [4.78, 5) is 4.21. The highest BCUT2D eigenvalue weighted by molar-refractivity contribution is 9.10. The summed E-state index contributed by atoms with van der Waals surface area (Å²) in [5.41, 5.74) is 1.39. The summed E-state index contributed by atoms with van der Waals surface area (Å²) in [6.07, 6.45) is 1.68. The topological polar surface area (TPSA) is 32.6 Å². The van der Waals surface area contributed by atoms with Gasteiger partial charge in [0.25, 0.3) is 0 Å². The first kappa shape index (κ1) is 12.1. The zero-order chi connectivity index (χ0) is 12.3. The largest absolute Gasteiger partial charge is 0.506 e. The summed E-state index contributed by atoms with van der Waals surface area (Å²) >= 11 is 9.26. The van der Waals surface area contributed by atoms with Gasteiger partial charge in [0, 0.05) is 21.3 Å². The Balaban J connectivity index is 2.32. The molecule has 0 bridgehead atoms. The number of aromatic hydroxyl groups is 1. The molecule has 4 heteroatoms. The molecule has 0 atom stereocenters. The Morgan fingerprint density at radius 3 is 2.71 bits per heavy atom. The van der Waals surface area contributed by atoms with Gasteiger partial charge in [-0.2, -0.15) is 0 Å². The van der Waals surface area contributed by atoms with E-state index in [1.807, 2.05) is 24.3 Å². The van der Waals surface area contributed by atoms with Gasteiger partial charge in [0.15, 0.2) is 0 Å². The molecule has 0 amide bonds. The Bertz CT molecular complexity index is 569. The monoisotopic (exact) mass is 309 g/mol. The maximum atomic E-state index is 9.60. The van der Waals surface area contributed by atoms with Crippen molar-refractivity contribution in [3.05, 3.63) is 57.5 Å². The number of nitrogens with zero attached hydrogens (tertiary/aromatic N) is 1. The second kappa shape index (κ2) is 5.34. The second-order valence-corrected chi connectivity index (χ2v) is 4.70. The number of benzene rings is 2. The highest BCUT2D eigenvalue weighted by Gasteiger charge is 2.00. The molecule has 2 aromatic rings. The molecule has 0 aliphatic heterocycles. The van der Waals surface area contributed by atoms with Crippen molar-refractivity contribution in [2.24, 2.45) is 4.99 Å². The second-order valence-electron chi connectivity index (χ2n) is 3.41. The highest BCUT2D eigenvalue weighted by atomic mass is 79.9. The summed E-state index contributed by atoms with van der Waals surface area (Å²) in [7, 11) is 0. The minimum absolute atomic E-state index is 0.109. The van der Waals surface area contributed by atoms with Crippen molar-refractivity contribution in [3.63, 3.8) is 0 Å². The van der Waals surface area contributed by atoms with E-state index in [1.165, 1.54) is 6.07 Å². The smallest absolute Gasteiger partial charge is 0.141 e. The van der Waals surface area contributed by atoms with Gasteiger partial charge in [0.05, 0.1) is 0 Å². The van der Waals surface area contributed by atoms with Crippen LogP contribution in [-0.4, -0.2) is 11.3 Å². The van der Waals surface area contributed by atoms with Gasteiger partial charge in [-0.15, -0.1) is 0 Å². The molecule has 2 nitrogen and oxygen atoms in total. The van der Waals surface area contributed by atoms with E-state index in [4.69, 9.17) is 11.6 Å². The Kier molecular flexibility index (Phi) is 3.82. The van der Waals surface area contributed by atoms with Crippen LogP contribution in [0.15, 0.2) is 51.9 Å². The van der Waals surface area contributed by atoms with Crippen LogP contribution >= 0.6 is 27.5 Å². The fraction of sp³-hybridized carbons (Fsp3) is 0. The van der Waals surface area contributed by atoms with Crippen molar-refractivity contribution in [1.29, 1.82) is 0 Å². The van der Waals surface area contributed by atoms with Crippen LogP contribution in [0.5, 0.6) is 5.75 Å². The van der Waals surface area contributed by atoms with Gasteiger partial charge in [-0.05, 0) is 24.3 Å². The van der Waals surface area contributed by atoms with Gasteiger partial charge < -0.3 is 5.11 Å². The third-order valence-electron chi connectivity index (χ3n) is 2.19. The zero-order valence-corrected chi connectivity index (χ0v) is 11.1. The highest BCUT2D eigenvalue weighted by Crippen LogP contribution is 2.29. The molecule has 0 radical (unpaired) electrons. The lowest BCUT2D eigenvalue weighted by molar-refractivity contribution is 0.477. The minimum atomic E-state index is 0.109. The van der Waals surface area contributed by atoms with E-state index in [9.17, 15) is 5.11 Å². The van der Waals surface area contributed by atoms with Crippen molar-refractivity contribution in [2.75, 3.05) is 0 Å². The van der Waals surface area contributed by atoms with Crippen LogP contribution in [0.25, 0.3) is 0 Å². The first-order valence-electron chi connectivity index (χ1n) is 4.94. The standard InChI is InChI=1S/C13H9BrClNO/c14-11-4-2-1-3-9(11)8-16-12-7-10(15)5-6-13(12)17/h1-8,17H. The zero-order valence-electron chi connectivity index (χ0n) is 8.77. The molecule has 17 heavy (non-hydrogen) atoms. The predicted molar refractivity (Wildman–Crippen MR) is 74.5 cm³/mol. The third-order valence-corrected chi connectivity index (χ3v) is 3.14. The molecule has 0 fully saturated rings. The number of aliphatic imine (C=N–C) groups is 1. The van der Waals surface area contributed by atoms with Crippen LogP contribution in [0.2, 0.25) is 5.02 Å². The van der Waals surface area contributed by atoms with Crippen LogP contribution in [0.4, 0.5) is 5.69 Å². The number of phenols is 1. The maximum absolute atomic E-state index is 9.60. The predicted octanol–water partition coefficient (Wildman–Crippen LogP) is 4.56. The molecule has 0 saturated carbocycles. The Morgan fingerprint density at radius 1 is 1.18 bits per heavy atom.